The number of benzene rings is 1. The number of aryl methyl sites for hydroxylation is 1. The molecule has 0 bridgehead atoms. The van der Waals surface area contributed by atoms with Crippen LogP contribution in [0.3, 0.4) is 0 Å². The maximum absolute atomic E-state index is 5.80. The van der Waals surface area contributed by atoms with Gasteiger partial charge in [0, 0.05) is 24.3 Å². The minimum Gasteiger partial charge on any atom is -0.366 e. The molecule has 2 aromatic rings. The van der Waals surface area contributed by atoms with Crippen LogP contribution in [0.5, 0.6) is 0 Å². The SMILES string of the molecule is Cc1cc(NC(CN)Cc2ccccc2)ncn1. The molecular formula is C14H18N4. The van der Waals surface area contributed by atoms with Crippen LogP contribution in [-0.2, 0) is 6.42 Å². The summed E-state index contributed by atoms with van der Waals surface area (Å²) in [5, 5.41) is 3.34. The fraction of sp³-hybridized carbons (Fsp3) is 0.286. The largest absolute Gasteiger partial charge is 0.366 e. The Balaban J connectivity index is 2.01. The Hall–Kier alpha value is -1.94. The van der Waals surface area contributed by atoms with E-state index in [0.29, 0.717) is 6.54 Å². The third-order valence-electron chi connectivity index (χ3n) is 2.77. The Kier molecular flexibility index (Phi) is 4.25. The van der Waals surface area contributed by atoms with Gasteiger partial charge in [-0.05, 0) is 18.9 Å². The summed E-state index contributed by atoms with van der Waals surface area (Å²) in [6.45, 7) is 2.51. The van der Waals surface area contributed by atoms with E-state index in [1.807, 2.05) is 31.2 Å². The summed E-state index contributed by atoms with van der Waals surface area (Å²) in [6, 6.07) is 12.4. The maximum atomic E-state index is 5.80. The van der Waals surface area contributed by atoms with E-state index in [1.165, 1.54) is 5.56 Å². The zero-order valence-electron chi connectivity index (χ0n) is 10.5. The molecule has 1 heterocycles. The van der Waals surface area contributed by atoms with Gasteiger partial charge < -0.3 is 11.1 Å². The van der Waals surface area contributed by atoms with Gasteiger partial charge in [0.2, 0.25) is 0 Å². The molecule has 4 heteroatoms. The highest BCUT2D eigenvalue weighted by atomic mass is 15.0. The lowest BCUT2D eigenvalue weighted by Crippen LogP contribution is -2.31. The van der Waals surface area contributed by atoms with Gasteiger partial charge in [0.1, 0.15) is 12.1 Å². The van der Waals surface area contributed by atoms with Crippen LogP contribution in [0, 0.1) is 6.92 Å². The van der Waals surface area contributed by atoms with E-state index < -0.39 is 0 Å². The lowest BCUT2D eigenvalue weighted by molar-refractivity contribution is 0.719. The lowest BCUT2D eigenvalue weighted by Gasteiger charge is -2.17. The van der Waals surface area contributed by atoms with Crippen molar-refractivity contribution in [1.82, 2.24) is 9.97 Å². The zero-order valence-corrected chi connectivity index (χ0v) is 10.5. The second kappa shape index (κ2) is 6.12. The smallest absolute Gasteiger partial charge is 0.129 e. The summed E-state index contributed by atoms with van der Waals surface area (Å²) in [5.74, 6) is 0.828. The van der Waals surface area contributed by atoms with Crippen molar-refractivity contribution < 1.29 is 0 Å². The topological polar surface area (TPSA) is 63.8 Å². The summed E-state index contributed by atoms with van der Waals surface area (Å²) >= 11 is 0. The molecule has 0 fully saturated rings. The first kappa shape index (κ1) is 12.5. The predicted molar refractivity (Wildman–Crippen MR) is 73.4 cm³/mol. The maximum Gasteiger partial charge on any atom is 0.129 e. The first-order chi connectivity index (χ1) is 8.78. The summed E-state index contributed by atoms with van der Waals surface area (Å²) < 4.78 is 0. The highest BCUT2D eigenvalue weighted by Gasteiger charge is 2.08. The van der Waals surface area contributed by atoms with Gasteiger partial charge in [-0.3, -0.25) is 0 Å². The molecule has 3 N–H and O–H groups in total. The van der Waals surface area contributed by atoms with Gasteiger partial charge in [-0.1, -0.05) is 30.3 Å². The van der Waals surface area contributed by atoms with Crippen molar-refractivity contribution in [1.29, 1.82) is 0 Å². The van der Waals surface area contributed by atoms with Crippen LogP contribution >= 0.6 is 0 Å². The first-order valence-corrected chi connectivity index (χ1v) is 6.07. The fourth-order valence-corrected chi connectivity index (χ4v) is 1.83. The van der Waals surface area contributed by atoms with E-state index in [2.05, 4.69) is 27.4 Å². The normalized spacial score (nSPS) is 12.1. The van der Waals surface area contributed by atoms with E-state index >= 15 is 0 Å². The number of nitrogens with zero attached hydrogens (tertiary/aromatic N) is 2. The minimum absolute atomic E-state index is 0.182. The number of anilines is 1. The van der Waals surface area contributed by atoms with Crippen molar-refractivity contribution in [3.8, 4) is 0 Å². The molecular weight excluding hydrogens is 224 g/mol. The van der Waals surface area contributed by atoms with Gasteiger partial charge in [-0.2, -0.15) is 0 Å². The molecule has 0 radical (unpaired) electrons. The highest BCUT2D eigenvalue weighted by Crippen LogP contribution is 2.08. The molecule has 0 aliphatic carbocycles. The van der Waals surface area contributed by atoms with E-state index in [1.54, 1.807) is 6.33 Å². The predicted octanol–water partition coefficient (Wildman–Crippen LogP) is 1.77. The van der Waals surface area contributed by atoms with Gasteiger partial charge >= 0.3 is 0 Å². The van der Waals surface area contributed by atoms with Crippen LogP contribution < -0.4 is 11.1 Å². The molecule has 0 aliphatic heterocycles. The molecule has 2 rings (SSSR count). The van der Waals surface area contributed by atoms with Crippen molar-refractivity contribution >= 4 is 5.82 Å². The Bertz CT molecular complexity index is 484. The Morgan fingerprint density at radius 2 is 2.00 bits per heavy atom. The minimum atomic E-state index is 0.182. The zero-order chi connectivity index (χ0) is 12.8. The summed E-state index contributed by atoms with van der Waals surface area (Å²) in [4.78, 5) is 8.27. The third-order valence-corrected chi connectivity index (χ3v) is 2.77. The average Bonchev–Trinajstić information content (AvgIpc) is 2.39. The quantitative estimate of drug-likeness (QED) is 0.838. The molecule has 0 saturated heterocycles. The standard InChI is InChI=1S/C14H18N4/c1-11-7-14(17-10-16-11)18-13(9-15)8-12-5-3-2-4-6-12/h2-7,10,13H,8-9,15H2,1H3,(H,16,17,18). The highest BCUT2D eigenvalue weighted by molar-refractivity contribution is 5.36. The second-order valence-corrected chi connectivity index (χ2v) is 4.31. The molecule has 18 heavy (non-hydrogen) atoms. The van der Waals surface area contributed by atoms with Gasteiger partial charge in [-0.25, -0.2) is 9.97 Å². The molecule has 1 aromatic heterocycles. The Morgan fingerprint density at radius 3 is 2.67 bits per heavy atom. The number of aromatic nitrogens is 2. The van der Waals surface area contributed by atoms with Crippen molar-refractivity contribution in [3.63, 3.8) is 0 Å². The van der Waals surface area contributed by atoms with E-state index in [4.69, 9.17) is 5.73 Å². The summed E-state index contributed by atoms with van der Waals surface area (Å²) in [5.41, 5.74) is 8.02. The molecule has 0 saturated carbocycles. The van der Waals surface area contributed by atoms with Crippen LogP contribution in [0.4, 0.5) is 5.82 Å². The van der Waals surface area contributed by atoms with E-state index in [0.717, 1.165) is 17.9 Å². The van der Waals surface area contributed by atoms with Gasteiger partial charge in [-0.15, -0.1) is 0 Å². The average molecular weight is 242 g/mol. The molecule has 4 nitrogen and oxygen atoms in total. The van der Waals surface area contributed by atoms with Gasteiger partial charge in [0.05, 0.1) is 0 Å². The Morgan fingerprint density at radius 1 is 1.22 bits per heavy atom. The van der Waals surface area contributed by atoms with Crippen molar-refractivity contribution in [3.05, 3.63) is 54.0 Å². The molecule has 0 aliphatic rings. The van der Waals surface area contributed by atoms with Crippen molar-refractivity contribution in [2.75, 3.05) is 11.9 Å². The summed E-state index contributed by atoms with van der Waals surface area (Å²) in [6.07, 6.45) is 2.45. The second-order valence-electron chi connectivity index (χ2n) is 4.31. The molecule has 94 valence electrons. The molecule has 0 spiro atoms. The summed E-state index contributed by atoms with van der Waals surface area (Å²) in [7, 11) is 0. The number of hydrogen-bond donors (Lipinski definition) is 2. The number of nitrogens with two attached hydrogens (primary N) is 1. The lowest BCUT2D eigenvalue weighted by atomic mass is 10.1. The first-order valence-electron chi connectivity index (χ1n) is 6.07. The Labute approximate surface area is 107 Å². The molecule has 0 amide bonds. The number of hydrogen-bond acceptors (Lipinski definition) is 4. The van der Waals surface area contributed by atoms with Crippen LogP contribution in [-0.4, -0.2) is 22.6 Å². The van der Waals surface area contributed by atoms with Crippen LogP contribution in [0.15, 0.2) is 42.7 Å². The fourth-order valence-electron chi connectivity index (χ4n) is 1.83. The van der Waals surface area contributed by atoms with Crippen molar-refractivity contribution in [2.45, 2.75) is 19.4 Å². The van der Waals surface area contributed by atoms with Crippen LogP contribution in [0.25, 0.3) is 0 Å². The van der Waals surface area contributed by atoms with Gasteiger partial charge in [0.25, 0.3) is 0 Å². The third kappa shape index (κ3) is 3.53. The van der Waals surface area contributed by atoms with Crippen LogP contribution in [0.2, 0.25) is 0 Å². The van der Waals surface area contributed by atoms with Gasteiger partial charge in [0.15, 0.2) is 0 Å². The number of rotatable bonds is 5. The van der Waals surface area contributed by atoms with E-state index in [9.17, 15) is 0 Å². The van der Waals surface area contributed by atoms with Crippen molar-refractivity contribution in [2.24, 2.45) is 5.73 Å². The molecule has 1 aromatic carbocycles. The monoisotopic (exact) mass is 242 g/mol. The molecule has 1 unspecified atom stereocenters. The molecule has 1 atom stereocenters. The van der Waals surface area contributed by atoms with E-state index in [-0.39, 0.29) is 6.04 Å². The number of nitrogens with one attached hydrogen (secondary N) is 1. The van der Waals surface area contributed by atoms with Crippen LogP contribution in [0.1, 0.15) is 11.3 Å².